The fraction of sp³-hybridized carbons (Fsp3) is 0.481. The molecule has 0 aliphatic carbocycles. The van der Waals surface area contributed by atoms with E-state index in [9.17, 15) is 9.59 Å². The van der Waals surface area contributed by atoms with Crippen LogP contribution in [0, 0.1) is 0 Å². The van der Waals surface area contributed by atoms with Gasteiger partial charge in [0.25, 0.3) is 0 Å². The third-order valence-corrected chi connectivity index (χ3v) is 6.59. The summed E-state index contributed by atoms with van der Waals surface area (Å²) in [5.74, 6) is 0.244. The Morgan fingerprint density at radius 2 is 1.64 bits per heavy atom. The molecule has 0 bridgehead atoms. The number of nitrogens with zero attached hydrogens (tertiary/aromatic N) is 1. The second-order valence-electron chi connectivity index (χ2n) is 8.69. The van der Waals surface area contributed by atoms with Crippen LogP contribution < -0.4 is 5.32 Å². The number of carbonyl (C=O) groups excluding carboxylic acids is 2. The van der Waals surface area contributed by atoms with Crippen molar-refractivity contribution in [2.24, 2.45) is 0 Å². The Bertz CT molecular complexity index is 893. The van der Waals surface area contributed by atoms with Crippen LogP contribution in [0.5, 0.6) is 0 Å². The molecule has 4 nitrogen and oxygen atoms in total. The number of amides is 2. The van der Waals surface area contributed by atoms with E-state index in [1.807, 2.05) is 6.92 Å². The molecule has 33 heavy (non-hydrogen) atoms. The van der Waals surface area contributed by atoms with Crippen molar-refractivity contribution >= 4 is 35.0 Å². The van der Waals surface area contributed by atoms with Gasteiger partial charge in [0.15, 0.2) is 0 Å². The molecule has 1 atom stereocenters. The monoisotopic (exact) mass is 490 g/mol. The van der Waals surface area contributed by atoms with E-state index in [-0.39, 0.29) is 18.4 Å². The van der Waals surface area contributed by atoms with E-state index < -0.39 is 6.04 Å². The summed E-state index contributed by atoms with van der Waals surface area (Å²) >= 11 is 12.8. The van der Waals surface area contributed by atoms with Crippen LogP contribution in [0.3, 0.4) is 0 Å². The zero-order valence-corrected chi connectivity index (χ0v) is 21.7. The van der Waals surface area contributed by atoms with Gasteiger partial charge in [-0.25, -0.2) is 0 Å². The minimum atomic E-state index is -0.579. The predicted octanol–water partition coefficient (Wildman–Crippen LogP) is 6.77. The van der Waals surface area contributed by atoms with Crippen molar-refractivity contribution < 1.29 is 9.59 Å². The van der Waals surface area contributed by atoms with Crippen molar-refractivity contribution in [1.29, 1.82) is 0 Å². The number of unbranched alkanes of at least 4 members (excludes halogenated alkanes) is 1. The third-order valence-electron chi connectivity index (χ3n) is 5.88. The lowest BCUT2D eigenvalue weighted by molar-refractivity contribution is -0.141. The highest BCUT2D eigenvalue weighted by molar-refractivity contribution is 6.36. The molecule has 0 spiro atoms. The molecular formula is C27H36Cl2N2O2. The Kier molecular flexibility index (Phi) is 11.2. The number of rotatable bonds is 12. The molecule has 2 amide bonds. The van der Waals surface area contributed by atoms with E-state index in [0.29, 0.717) is 47.3 Å². The van der Waals surface area contributed by atoms with Gasteiger partial charge in [-0.2, -0.15) is 0 Å². The highest BCUT2D eigenvalue weighted by Crippen LogP contribution is 2.27. The molecule has 0 saturated carbocycles. The molecule has 180 valence electrons. The quantitative estimate of drug-likeness (QED) is 0.333. The highest BCUT2D eigenvalue weighted by atomic mass is 35.5. The number of aryl methyl sites for hydroxylation is 1. The minimum absolute atomic E-state index is 0.0867. The van der Waals surface area contributed by atoms with E-state index in [4.69, 9.17) is 23.2 Å². The van der Waals surface area contributed by atoms with Crippen molar-refractivity contribution in [2.75, 3.05) is 6.54 Å². The molecule has 1 N–H and O–H groups in total. The second-order valence-corrected chi connectivity index (χ2v) is 9.50. The maximum absolute atomic E-state index is 13.4. The van der Waals surface area contributed by atoms with Gasteiger partial charge >= 0.3 is 0 Å². The van der Waals surface area contributed by atoms with Gasteiger partial charge in [0, 0.05) is 35.1 Å². The van der Waals surface area contributed by atoms with Crippen LogP contribution in [-0.2, 0) is 22.6 Å². The molecule has 0 aliphatic rings. The molecule has 2 rings (SSSR count). The summed E-state index contributed by atoms with van der Waals surface area (Å²) in [6, 6.07) is 13.1. The second kappa shape index (κ2) is 13.6. The van der Waals surface area contributed by atoms with Crippen molar-refractivity contribution in [2.45, 2.75) is 78.3 Å². The smallest absolute Gasteiger partial charge is 0.242 e. The van der Waals surface area contributed by atoms with Crippen LogP contribution in [0.15, 0.2) is 42.5 Å². The third kappa shape index (κ3) is 8.04. The molecule has 0 unspecified atom stereocenters. The Labute approximate surface area is 208 Å². The first-order chi connectivity index (χ1) is 15.8. The molecule has 2 aromatic rings. The normalized spacial score (nSPS) is 12.0. The Balaban J connectivity index is 2.22. The molecular weight excluding hydrogens is 455 g/mol. The zero-order valence-electron chi connectivity index (χ0n) is 20.2. The van der Waals surface area contributed by atoms with Crippen LogP contribution in [0.2, 0.25) is 10.0 Å². The van der Waals surface area contributed by atoms with Gasteiger partial charge in [0.2, 0.25) is 11.8 Å². The first kappa shape index (κ1) is 27.2. The maximum atomic E-state index is 13.4. The van der Waals surface area contributed by atoms with Crippen LogP contribution in [0.25, 0.3) is 0 Å². The largest absolute Gasteiger partial charge is 0.354 e. The number of carbonyl (C=O) groups is 2. The van der Waals surface area contributed by atoms with Crippen molar-refractivity contribution in [3.8, 4) is 0 Å². The maximum Gasteiger partial charge on any atom is 0.242 e. The number of benzene rings is 2. The lowest BCUT2D eigenvalue weighted by Crippen LogP contribution is -2.49. The van der Waals surface area contributed by atoms with Gasteiger partial charge in [0.1, 0.15) is 6.04 Å². The lowest BCUT2D eigenvalue weighted by Gasteiger charge is -2.31. The van der Waals surface area contributed by atoms with Crippen LogP contribution >= 0.6 is 23.2 Å². The van der Waals surface area contributed by atoms with Gasteiger partial charge in [-0.1, -0.05) is 87.6 Å². The molecule has 6 heteroatoms. The first-order valence-electron chi connectivity index (χ1n) is 11.9. The van der Waals surface area contributed by atoms with Gasteiger partial charge in [-0.05, 0) is 48.4 Å². The lowest BCUT2D eigenvalue weighted by atomic mass is 10.00. The fourth-order valence-electron chi connectivity index (χ4n) is 3.74. The Hall–Kier alpha value is -2.04. The fourth-order valence-corrected chi connectivity index (χ4v) is 4.26. The Morgan fingerprint density at radius 1 is 1.00 bits per heavy atom. The summed E-state index contributed by atoms with van der Waals surface area (Å²) in [6.45, 7) is 9.11. The average molecular weight is 492 g/mol. The molecule has 0 aromatic heterocycles. The van der Waals surface area contributed by atoms with Crippen molar-refractivity contribution in [3.05, 3.63) is 69.2 Å². The standard InChI is InChI=1S/C27H36Cl2N2O2/c1-5-7-17-30-27(33)25(6-2)31(18-22-23(28)9-8-10-24(22)29)26(32)16-13-20-11-14-21(15-12-20)19(3)4/h8-12,14-15,19,25H,5-7,13,16-18H2,1-4H3,(H,30,33)/t25-/m0/s1. The summed E-state index contributed by atoms with van der Waals surface area (Å²) < 4.78 is 0. The van der Waals surface area contributed by atoms with E-state index in [2.05, 4.69) is 50.4 Å². The minimum Gasteiger partial charge on any atom is -0.354 e. The summed E-state index contributed by atoms with van der Waals surface area (Å²) in [5.41, 5.74) is 3.04. The molecule has 2 aromatic carbocycles. The number of hydrogen-bond donors (Lipinski definition) is 1. The van der Waals surface area contributed by atoms with E-state index in [1.165, 1.54) is 5.56 Å². The van der Waals surface area contributed by atoms with Crippen LogP contribution in [0.4, 0.5) is 0 Å². The van der Waals surface area contributed by atoms with E-state index >= 15 is 0 Å². The average Bonchev–Trinajstić information content (AvgIpc) is 2.79. The Morgan fingerprint density at radius 3 is 2.18 bits per heavy atom. The van der Waals surface area contributed by atoms with Crippen molar-refractivity contribution in [3.63, 3.8) is 0 Å². The van der Waals surface area contributed by atoms with E-state index in [1.54, 1.807) is 23.1 Å². The molecule has 0 fully saturated rings. The predicted molar refractivity (Wildman–Crippen MR) is 138 cm³/mol. The molecule has 0 heterocycles. The van der Waals surface area contributed by atoms with Crippen LogP contribution in [0.1, 0.15) is 76.0 Å². The summed E-state index contributed by atoms with van der Waals surface area (Å²) in [6.07, 6.45) is 3.32. The summed E-state index contributed by atoms with van der Waals surface area (Å²) in [4.78, 5) is 28.0. The first-order valence-corrected chi connectivity index (χ1v) is 12.6. The number of hydrogen-bond acceptors (Lipinski definition) is 2. The van der Waals surface area contributed by atoms with Gasteiger partial charge in [0.05, 0.1) is 0 Å². The molecule has 0 aliphatic heterocycles. The summed E-state index contributed by atoms with van der Waals surface area (Å²) in [5, 5.41) is 3.96. The van der Waals surface area contributed by atoms with E-state index in [0.717, 1.165) is 18.4 Å². The SMILES string of the molecule is CCCCNC(=O)[C@H](CC)N(Cc1c(Cl)cccc1Cl)C(=O)CCc1ccc(C(C)C)cc1. The molecule has 0 radical (unpaired) electrons. The van der Waals surface area contributed by atoms with Crippen molar-refractivity contribution in [1.82, 2.24) is 10.2 Å². The topological polar surface area (TPSA) is 49.4 Å². The van der Waals surface area contributed by atoms with Gasteiger partial charge in [-0.15, -0.1) is 0 Å². The van der Waals surface area contributed by atoms with Crippen LogP contribution in [-0.4, -0.2) is 29.3 Å². The van der Waals surface area contributed by atoms with Gasteiger partial charge < -0.3 is 10.2 Å². The van der Waals surface area contributed by atoms with Gasteiger partial charge in [-0.3, -0.25) is 9.59 Å². The zero-order chi connectivity index (χ0) is 24.4. The number of nitrogens with one attached hydrogen (secondary N) is 1. The summed E-state index contributed by atoms with van der Waals surface area (Å²) in [7, 11) is 0. The molecule has 0 saturated heterocycles. The number of halogens is 2. The highest BCUT2D eigenvalue weighted by Gasteiger charge is 2.29.